The van der Waals surface area contributed by atoms with Crippen molar-refractivity contribution >= 4 is 0 Å². The standard InChI is InChI=1S/C19H18/c1-19(2,3)18-14-12-17(13-15-18)11-7-6-10-16-8-4-5-9-16/h4-5,8-9,12-16H,1-3H3. The summed E-state index contributed by atoms with van der Waals surface area (Å²) in [4.78, 5) is 0. The minimum Gasteiger partial charge on any atom is -0.0773 e. The molecule has 19 heavy (non-hydrogen) atoms. The minimum absolute atomic E-state index is 0.187. The summed E-state index contributed by atoms with van der Waals surface area (Å²) in [6.07, 6.45) is 8.15. The van der Waals surface area contributed by atoms with Gasteiger partial charge in [0.15, 0.2) is 0 Å². The van der Waals surface area contributed by atoms with E-state index in [0.717, 1.165) is 5.56 Å². The molecule has 0 fully saturated rings. The van der Waals surface area contributed by atoms with Gasteiger partial charge in [-0.05, 0) is 35.0 Å². The Labute approximate surface area is 116 Å². The van der Waals surface area contributed by atoms with Crippen LogP contribution in [-0.4, -0.2) is 0 Å². The van der Waals surface area contributed by atoms with E-state index in [9.17, 15) is 0 Å². The van der Waals surface area contributed by atoms with Crippen molar-refractivity contribution in [2.24, 2.45) is 5.92 Å². The van der Waals surface area contributed by atoms with Crippen molar-refractivity contribution in [1.29, 1.82) is 0 Å². The van der Waals surface area contributed by atoms with E-state index in [4.69, 9.17) is 0 Å². The molecule has 0 atom stereocenters. The summed E-state index contributed by atoms with van der Waals surface area (Å²) in [6.45, 7) is 6.63. The molecule has 2 rings (SSSR count). The van der Waals surface area contributed by atoms with Crippen LogP contribution in [0, 0.1) is 29.6 Å². The zero-order valence-corrected chi connectivity index (χ0v) is 11.7. The predicted octanol–water partition coefficient (Wildman–Crippen LogP) is 4.08. The van der Waals surface area contributed by atoms with Crippen molar-refractivity contribution in [2.45, 2.75) is 26.2 Å². The SMILES string of the molecule is CC(C)(C)c1ccc(C#CC#CC2C=CC=C2)cc1. The summed E-state index contributed by atoms with van der Waals surface area (Å²) in [7, 11) is 0. The molecule has 0 saturated carbocycles. The molecule has 0 bridgehead atoms. The van der Waals surface area contributed by atoms with Gasteiger partial charge in [-0.1, -0.05) is 69.0 Å². The summed E-state index contributed by atoms with van der Waals surface area (Å²) < 4.78 is 0. The Morgan fingerprint density at radius 3 is 2.11 bits per heavy atom. The van der Waals surface area contributed by atoms with Crippen molar-refractivity contribution in [3.05, 3.63) is 59.7 Å². The fraction of sp³-hybridized carbons (Fsp3) is 0.263. The molecule has 0 aromatic heterocycles. The second-order valence-corrected chi connectivity index (χ2v) is 5.64. The predicted molar refractivity (Wildman–Crippen MR) is 81.6 cm³/mol. The smallest absolute Gasteiger partial charge is 0.0579 e. The molecule has 0 radical (unpaired) electrons. The van der Waals surface area contributed by atoms with Gasteiger partial charge in [-0.2, -0.15) is 0 Å². The van der Waals surface area contributed by atoms with Gasteiger partial charge in [0, 0.05) is 5.56 Å². The molecular formula is C19H18. The van der Waals surface area contributed by atoms with Gasteiger partial charge >= 0.3 is 0 Å². The van der Waals surface area contributed by atoms with Gasteiger partial charge in [0.05, 0.1) is 5.92 Å². The van der Waals surface area contributed by atoms with Gasteiger partial charge in [-0.15, -0.1) is 0 Å². The van der Waals surface area contributed by atoms with E-state index in [1.807, 2.05) is 12.2 Å². The Bertz CT molecular complexity index is 599. The highest BCUT2D eigenvalue weighted by Crippen LogP contribution is 2.21. The van der Waals surface area contributed by atoms with E-state index in [1.165, 1.54) is 5.56 Å². The number of benzene rings is 1. The molecule has 0 heteroatoms. The van der Waals surface area contributed by atoms with Crippen LogP contribution < -0.4 is 0 Å². The van der Waals surface area contributed by atoms with Crippen LogP contribution in [0.2, 0.25) is 0 Å². The number of hydrogen-bond acceptors (Lipinski definition) is 0. The summed E-state index contributed by atoms with van der Waals surface area (Å²) >= 11 is 0. The molecule has 94 valence electrons. The highest BCUT2D eigenvalue weighted by Gasteiger charge is 2.12. The molecule has 1 aromatic rings. The molecule has 0 unspecified atom stereocenters. The average molecular weight is 246 g/mol. The molecule has 0 nitrogen and oxygen atoms in total. The minimum atomic E-state index is 0.187. The van der Waals surface area contributed by atoms with Crippen molar-refractivity contribution in [1.82, 2.24) is 0 Å². The summed E-state index contributed by atoms with van der Waals surface area (Å²) in [5.41, 5.74) is 2.53. The Morgan fingerprint density at radius 1 is 0.895 bits per heavy atom. The van der Waals surface area contributed by atoms with Crippen LogP contribution >= 0.6 is 0 Å². The van der Waals surface area contributed by atoms with E-state index in [2.05, 4.69) is 80.9 Å². The first-order chi connectivity index (χ1) is 9.05. The fourth-order valence-corrected chi connectivity index (χ4v) is 1.80. The Morgan fingerprint density at radius 2 is 1.53 bits per heavy atom. The van der Waals surface area contributed by atoms with Crippen LogP contribution in [0.1, 0.15) is 31.9 Å². The van der Waals surface area contributed by atoms with Gasteiger partial charge in [-0.3, -0.25) is 0 Å². The Hall–Kier alpha value is -2.18. The number of rotatable bonds is 0. The van der Waals surface area contributed by atoms with Crippen molar-refractivity contribution in [3.8, 4) is 23.7 Å². The van der Waals surface area contributed by atoms with E-state index < -0.39 is 0 Å². The molecule has 1 aliphatic rings. The molecule has 0 amide bonds. The normalized spacial score (nSPS) is 13.6. The van der Waals surface area contributed by atoms with Crippen LogP contribution in [0.4, 0.5) is 0 Å². The maximum Gasteiger partial charge on any atom is 0.0579 e. The van der Waals surface area contributed by atoms with Crippen LogP contribution in [0.25, 0.3) is 0 Å². The van der Waals surface area contributed by atoms with Crippen molar-refractivity contribution in [2.75, 3.05) is 0 Å². The van der Waals surface area contributed by atoms with Gasteiger partial charge < -0.3 is 0 Å². The largest absolute Gasteiger partial charge is 0.0773 e. The Kier molecular flexibility index (Phi) is 3.94. The third kappa shape index (κ3) is 3.90. The Balaban J connectivity index is 2.04. The first kappa shape index (κ1) is 13.3. The molecule has 1 aliphatic carbocycles. The van der Waals surface area contributed by atoms with Crippen molar-refractivity contribution < 1.29 is 0 Å². The van der Waals surface area contributed by atoms with Crippen LogP contribution in [0.3, 0.4) is 0 Å². The van der Waals surface area contributed by atoms with E-state index in [-0.39, 0.29) is 11.3 Å². The summed E-state index contributed by atoms with van der Waals surface area (Å²) in [5, 5.41) is 0. The first-order valence-corrected chi connectivity index (χ1v) is 6.53. The number of allylic oxidation sites excluding steroid dienone is 4. The monoisotopic (exact) mass is 246 g/mol. The molecule has 0 N–H and O–H groups in total. The second kappa shape index (κ2) is 5.64. The fourth-order valence-electron chi connectivity index (χ4n) is 1.80. The first-order valence-electron chi connectivity index (χ1n) is 6.53. The number of hydrogen-bond donors (Lipinski definition) is 0. The molecular weight excluding hydrogens is 228 g/mol. The highest BCUT2D eigenvalue weighted by atomic mass is 14.2. The topological polar surface area (TPSA) is 0 Å². The molecule has 0 spiro atoms. The van der Waals surface area contributed by atoms with Crippen LogP contribution in [-0.2, 0) is 5.41 Å². The van der Waals surface area contributed by atoms with Gasteiger partial charge in [0.1, 0.15) is 0 Å². The summed E-state index contributed by atoms with van der Waals surface area (Å²) in [6, 6.07) is 8.40. The molecule has 0 heterocycles. The molecule has 1 aromatic carbocycles. The van der Waals surface area contributed by atoms with E-state index in [0.29, 0.717) is 0 Å². The molecule has 0 saturated heterocycles. The van der Waals surface area contributed by atoms with Crippen LogP contribution in [0.15, 0.2) is 48.6 Å². The van der Waals surface area contributed by atoms with Gasteiger partial charge in [0.2, 0.25) is 0 Å². The quantitative estimate of drug-likeness (QED) is 0.605. The van der Waals surface area contributed by atoms with Gasteiger partial charge in [0.25, 0.3) is 0 Å². The zero-order valence-electron chi connectivity index (χ0n) is 11.7. The maximum atomic E-state index is 3.09. The average Bonchev–Trinajstić information content (AvgIpc) is 2.87. The summed E-state index contributed by atoms with van der Waals surface area (Å²) in [5.74, 6) is 12.2. The maximum absolute atomic E-state index is 3.09. The third-order valence-corrected chi connectivity index (χ3v) is 3.01. The van der Waals surface area contributed by atoms with Gasteiger partial charge in [-0.25, -0.2) is 0 Å². The third-order valence-electron chi connectivity index (χ3n) is 3.01. The second-order valence-electron chi connectivity index (χ2n) is 5.64. The highest BCUT2D eigenvalue weighted by molar-refractivity contribution is 5.43. The van der Waals surface area contributed by atoms with E-state index >= 15 is 0 Å². The van der Waals surface area contributed by atoms with E-state index in [1.54, 1.807) is 0 Å². The van der Waals surface area contributed by atoms with Crippen LogP contribution in [0.5, 0.6) is 0 Å². The zero-order chi connectivity index (χ0) is 13.7. The lowest BCUT2D eigenvalue weighted by Crippen LogP contribution is -2.10. The lowest BCUT2D eigenvalue weighted by Gasteiger charge is -2.18. The lowest BCUT2D eigenvalue weighted by molar-refractivity contribution is 0.590. The molecule has 0 aliphatic heterocycles. The lowest BCUT2D eigenvalue weighted by atomic mass is 9.87. The van der Waals surface area contributed by atoms with Crippen molar-refractivity contribution in [3.63, 3.8) is 0 Å².